The molecule has 0 amide bonds. The second-order valence-corrected chi connectivity index (χ2v) is 7.03. The molecule has 1 aliphatic rings. The van der Waals surface area contributed by atoms with Crippen LogP contribution in [0.15, 0.2) is 36.5 Å². The van der Waals surface area contributed by atoms with Crippen molar-refractivity contribution in [3.8, 4) is 22.0 Å². The van der Waals surface area contributed by atoms with Gasteiger partial charge < -0.3 is 10.0 Å². The average Bonchev–Trinajstić information content (AvgIpc) is 3.35. The molecule has 0 atom stereocenters. The van der Waals surface area contributed by atoms with E-state index in [-0.39, 0.29) is 5.75 Å². The van der Waals surface area contributed by atoms with Crippen LogP contribution in [-0.4, -0.2) is 43.4 Å². The van der Waals surface area contributed by atoms with Crippen molar-refractivity contribution in [1.29, 1.82) is 0 Å². The Bertz CT molecular complexity index is 923. The molecule has 7 nitrogen and oxygen atoms in total. The largest absolute Gasteiger partial charge is 0.507 e. The molecule has 4 rings (SSSR count). The highest BCUT2D eigenvalue weighted by Crippen LogP contribution is 2.36. The molecular weight excluding hydrogens is 336 g/mol. The maximum Gasteiger partial charge on any atom is 0.208 e. The summed E-state index contributed by atoms with van der Waals surface area (Å²) in [5.41, 5.74) is 2.18. The van der Waals surface area contributed by atoms with Gasteiger partial charge in [-0.15, -0.1) is 10.2 Å². The van der Waals surface area contributed by atoms with Gasteiger partial charge in [-0.3, -0.25) is 0 Å². The molecule has 0 radical (unpaired) electrons. The van der Waals surface area contributed by atoms with Gasteiger partial charge in [-0.25, -0.2) is 0 Å². The number of nitrogens with zero attached hydrogens (tertiary/aromatic N) is 6. The molecule has 0 saturated heterocycles. The molecule has 0 fully saturated rings. The fraction of sp³-hybridized carbons (Fsp3) is 0.294. The van der Waals surface area contributed by atoms with Crippen molar-refractivity contribution < 1.29 is 5.11 Å². The summed E-state index contributed by atoms with van der Waals surface area (Å²) >= 11 is 1.48. The predicted molar refractivity (Wildman–Crippen MR) is 97.2 cm³/mol. The van der Waals surface area contributed by atoms with E-state index in [4.69, 9.17) is 0 Å². The first-order valence-electron chi connectivity index (χ1n) is 8.06. The fourth-order valence-electron chi connectivity index (χ4n) is 2.83. The van der Waals surface area contributed by atoms with Crippen LogP contribution >= 0.6 is 11.3 Å². The van der Waals surface area contributed by atoms with Crippen molar-refractivity contribution in [3.05, 3.63) is 42.2 Å². The zero-order valence-corrected chi connectivity index (χ0v) is 14.8. The lowest BCUT2D eigenvalue weighted by Gasteiger charge is -2.22. The van der Waals surface area contributed by atoms with Gasteiger partial charge in [-0.05, 0) is 31.9 Å². The lowest BCUT2D eigenvalue weighted by Crippen LogP contribution is -2.28. The van der Waals surface area contributed by atoms with E-state index in [2.05, 4.69) is 37.4 Å². The molecule has 1 N–H and O–H groups in total. The molecule has 0 saturated carbocycles. The fourth-order valence-corrected chi connectivity index (χ4v) is 3.74. The molecule has 3 aromatic rings. The second-order valence-electron chi connectivity index (χ2n) is 6.07. The van der Waals surface area contributed by atoms with Crippen LogP contribution in [-0.2, 0) is 0 Å². The highest BCUT2D eigenvalue weighted by molar-refractivity contribution is 7.18. The van der Waals surface area contributed by atoms with Gasteiger partial charge in [-0.1, -0.05) is 23.5 Å². The van der Waals surface area contributed by atoms with Gasteiger partial charge >= 0.3 is 0 Å². The van der Waals surface area contributed by atoms with E-state index in [1.165, 1.54) is 16.1 Å². The molecule has 0 aliphatic heterocycles. The van der Waals surface area contributed by atoms with Crippen LogP contribution in [0.4, 0.5) is 5.13 Å². The van der Waals surface area contributed by atoms with Gasteiger partial charge in [-0.2, -0.15) is 15.0 Å². The first kappa shape index (κ1) is 15.8. The van der Waals surface area contributed by atoms with Crippen molar-refractivity contribution in [2.75, 3.05) is 11.9 Å². The van der Waals surface area contributed by atoms with E-state index >= 15 is 0 Å². The van der Waals surface area contributed by atoms with Gasteiger partial charge in [0.25, 0.3) is 0 Å². The summed E-state index contributed by atoms with van der Waals surface area (Å²) in [6, 6.07) is 5.76. The number of phenols is 1. The third-order valence-corrected chi connectivity index (χ3v) is 5.34. The van der Waals surface area contributed by atoms with Gasteiger partial charge in [0.15, 0.2) is 5.01 Å². The van der Waals surface area contributed by atoms with Crippen molar-refractivity contribution in [2.45, 2.75) is 25.8 Å². The summed E-state index contributed by atoms with van der Waals surface area (Å²) in [6.45, 7) is 1.87. The number of aromatic hydroxyl groups is 1. The highest BCUT2D eigenvalue weighted by atomic mass is 32.1. The minimum atomic E-state index is 0.139. The first-order valence-corrected chi connectivity index (χ1v) is 8.87. The van der Waals surface area contributed by atoms with Crippen molar-refractivity contribution in [3.63, 3.8) is 0 Å². The lowest BCUT2D eigenvalue weighted by atomic mass is 10.2. The van der Waals surface area contributed by atoms with Crippen LogP contribution in [0.5, 0.6) is 5.75 Å². The molecular formula is C17H18N6OS. The average molecular weight is 354 g/mol. The molecule has 1 aromatic carbocycles. The second kappa shape index (κ2) is 6.29. The third kappa shape index (κ3) is 3.00. The molecule has 8 heteroatoms. The highest BCUT2D eigenvalue weighted by Gasteiger charge is 2.20. The SMILES string of the molecule is Cc1cnn(-c2ccc(-c3nnc(N(C)C4CC=CC4)s3)c(O)c2)n1. The van der Waals surface area contributed by atoms with E-state index in [1.807, 2.05) is 26.1 Å². The number of aryl methyl sites for hydroxylation is 1. The zero-order chi connectivity index (χ0) is 17.4. The number of phenolic OH excluding ortho intramolecular Hbond substituents is 1. The Morgan fingerprint density at radius 1 is 1.24 bits per heavy atom. The normalized spacial score (nSPS) is 14.3. The van der Waals surface area contributed by atoms with E-state index in [1.54, 1.807) is 12.3 Å². The summed E-state index contributed by atoms with van der Waals surface area (Å²) in [5.74, 6) is 0.139. The Morgan fingerprint density at radius 3 is 2.72 bits per heavy atom. The summed E-state index contributed by atoms with van der Waals surface area (Å²) < 4.78 is 0. The van der Waals surface area contributed by atoms with Gasteiger partial charge in [0.2, 0.25) is 5.13 Å². The van der Waals surface area contributed by atoms with E-state index < -0.39 is 0 Å². The van der Waals surface area contributed by atoms with E-state index in [0.29, 0.717) is 22.3 Å². The van der Waals surface area contributed by atoms with Crippen molar-refractivity contribution >= 4 is 16.5 Å². The maximum absolute atomic E-state index is 10.4. The zero-order valence-electron chi connectivity index (χ0n) is 14.0. The van der Waals surface area contributed by atoms with Crippen LogP contribution in [0.2, 0.25) is 0 Å². The number of anilines is 1. The van der Waals surface area contributed by atoms with Gasteiger partial charge in [0.05, 0.1) is 23.1 Å². The first-order chi connectivity index (χ1) is 12.1. The summed E-state index contributed by atoms with van der Waals surface area (Å²) in [7, 11) is 2.04. The number of rotatable bonds is 4. The monoisotopic (exact) mass is 354 g/mol. The van der Waals surface area contributed by atoms with Crippen LogP contribution in [0.1, 0.15) is 18.5 Å². The Labute approximate surface area is 149 Å². The van der Waals surface area contributed by atoms with Crippen LogP contribution < -0.4 is 4.90 Å². The summed E-state index contributed by atoms with van der Waals surface area (Å²) in [6.07, 6.45) is 8.12. The Hall–Kier alpha value is -2.74. The van der Waals surface area contributed by atoms with Crippen LogP contribution in [0.25, 0.3) is 16.3 Å². The Balaban J connectivity index is 1.60. The molecule has 2 aromatic heterocycles. The van der Waals surface area contributed by atoms with Gasteiger partial charge in [0.1, 0.15) is 5.75 Å². The standard InChI is InChI=1S/C17H18N6OS/c1-11-10-18-23(21-11)13-7-8-14(15(24)9-13)16-19-20-17(25-16)22(2)12-5-3-4-6-12/h3-4,7-10,12,24H,5-6H2,1-2H3. The van der Waals surface area contributed by atoms with E-state index in [9.17, 15) is 5.11 Å². The number of hydrogen-bond donors (Lipinski definition) is 1. The maximum atomic E-state index is 10.4. The third-order valence-electron chi connectivity index (χ3n) is 4.30. The molecule has 128 valence electrons. The van der Waals surface area contributed by atoms with Crippen LogP contribution in [0, 0.1) is 6.92 Å². The number of benzene rings is 1. The molecule has 1 aliphatic carbocycles. The Morgan fingerprint density at radius 2 is 2.04 bits per heavy atom. The topological polar surface area (TPSA) is 80.0 Å². The minimum absolute atomic E-state index is 0.139. The molecule has 2 heterocycles. The smallest absolute Gasteiger partial charge is 0.208 e. The summed E-state index contributed by atoms with van der Waals surface area (Å²) in [4.78, 5) is 3.65. The van der Waals surface area contributed by atoms with Crippen molar-refractivity contribution in [1.82, 2.24) is 25.2 Å². The minimum Gasteiger partial charge on any atom is -0.507 e. The summed E-state index contributed by atoms with van der Waals surface area (Å²) in [5, 5.41) is 28.9. The Kier molecular flexibility index (Phi) is 3.96. The molecule has 0 bridgehead atoms. The number of hydrogen-bond acceptors (Lipinski definition) is 7. The van der Waals surface area contributed by atoms with Gasteiger partial charge in [0, 0.05) is 19.2 Å². The molecule has 0 unspecified atom stereocenters. The lowest BCUT2D eigenvalue weighted by molar-refractivity contribution is 0.476. The van der Waals surface area contributed by atoms with Crippen LogP contribution in [0.3, 0.4) is 0 Å². The quantitative estimate of drug-likeness (QED) is 0.726. The number of aromatic nitrogens is 5. The molecule has 25 heavy (non-hydrogen) atoms. The predicted octanol–water partition coefficient (Wildman–Crippen LogP) is 2.95. The van der Waals surface area contributed by atoms with E-state index in [0.717, 1.165) is 23.7 Å². The van der Waals surface area contributed by atoms with Crippen molar-refractivity contribution in [2.24, 2.45) is 0 Å². The molecule has 0 spiro atoms.